The minimum atomic E-state index is -0.297. The van der Waals surface area contributed by atoms with Crippen molar-refractivity contribution in [1.82, 2.24) is 0 Å². The maximum absolute atomic E-state index is 6.24. The third-order valence-corrected chi connectivity index (χ3v) is 5.72. The van der Waals surface area contributed by atoms with Crippen LogP contribution in [0.5, 0.6) is 0 Å². The molecular weight excluding hydrogens is 273 g/mol. The van der Waals surface area contributed by atoms with Crippen molar-refractivity contribution in [2.75, 3.05) is 18.5 Å². The van der Waals surface area contributed by atoms with Gasteiger partial charge in [0.05, 0.1) is 11.2 Å². The Hall–Kier alpha value is -0.995. The maximum Gasteiger partial charge on any atom is 0.495 e. The van der Waals surface area contributed by atoms with E-state index in [4.69, 9.17) is 9.31 Å². The summed E-state index contributed by atoms with van der Waals surface area (Å²) in [6, 6.07) is 4.45. The van der Waals surface area contributed by atoms with Crippen LogP contribution in [0.3, 0.4) is 0 Å². The molecule has 2 aliphatic heterocycles. The summed E-state index contributed by atoms with van der Waals surface area (Å²) >= 11 is 0. The summed E-state index contributed by atoms with van der Waals surface area (Å²) in [5.41, 5.74) is 4.81. The molecule has 0 spiro atoms. The SMILES string of the molecule is Cc1c(B2OC(C)(C)C(C)(C)O2)ccc2c1N(C)CC2(C)C. The van der Waals surface area contributed by atoms with Gasteiger partial charge in [-0.2, -0.15) is 0 Å². The fourth-order valence-corrected chi connectivity index (χ4v) is 3.74. The van der Waals surface area contributed by atoms with Crippen LogP contribution in [0.25, 0.3) is 0 Å². The van der Waals surface area contributed by atoms with Crippen LogP contribution < -0.4 is 10.4 Å². The molecule has 22 heavy (non-hydrogen) atoms. The van der Waals surface area contributed by atoms with Crippen molar-refractivity contribution in [3.8, 4) is 0 Å². The molecule has 0 saturated carbocycles. The standard InChI is InChI=1S/C18H28BNO2/c1-12-14(19-21-17(4,5)18(6,7)22-19)10-9-13-15(12)20(8)11-16(13,2)3/h9-10H,11H2,1-8H3. The number of hydrogen-bond acceptors (Lipinski definition) is 3. The van der Waals surface area contributed by atoms with Crippen molar-refractivity contribution in [1.29, 1.82) is 0 Å². The average Bonchev–Trinajstić information content (AvgIpc) is 2.70. The fraction of sp³-hybridized carbons (Fsp3) is 0.667. The van der Waals surface area contributed by atoms with Gasteiger partial charge in [-0.1, -0.05) is 26.0 Å². The van der Waals surface area contributed by atoms with Crippen molar-refractivity contribution in [3.63, 3.8) is 0 Å². The number of nitrogens with zero attached hydrogens (tertiary/aromatic N) is 1. The van der Waals surface area contributed by atoms with Gasteiger partial charge in [-0.15, -0.1) is 0 Å². The number of fused-ring (bicyclic) bond motifs is 1. The summed E-state index contributed by atoms with van der Waals surface area (Å²) in [5.74, 6) is 0. The lowest BCUT2D eigenvalue weighted by molar-refractivity contribution is 0.00578. The summed E-state index contributed by atoms with van der Waals surface area (Å²) in [6.45, 7) is 16.3. The van der Waals surface area contributed by atoms with E-state index < -0.39 is 0 Å². The molecule has 0 aliphatic carbocycles. The predicted octanol–water partition coefficient (Wildman–Crippen LogP) is 3.02. The minimum absolute atomic E-state index is 0.198. The van der Waals surface area contributed by atoms with Gasteiger partial charge >= 0.3 is 7.12 Å². The highest BCUT2D eigenvalue weighted by atomic mass is 16.7. The first-order valence-electron chi connectivity index (χ1n) is 8.17. The van der Waals surface area contributed by atoms with E-state index in [0.29, 0.717) is 0 Å². The van der Waals surface area contributed by atoms with Crippen LogP contribution in [0.15, 0.2) is 12.1 Å². The van der Waals surface area contributed by atoms with Crippen LogP contribution in [0.4, 0.5) is 5.69 Å². The van der Waals surface area contributed by atoms with Crippen LogP contribution in [0.2, 0.25) is 0 Å². The zero-order valence-electron chi connectivity index (χ0n) is 15.2. The van der Waals surface area contributed by atoms with Crippen molar-refractivity contribution in [3.05, 3.63) is 23.3 Å². The number of likely N-dealkylation sites (N-methyl/N-ethyl adjacent to an activating group) is 1. The Morgan fingerprint density at radius 3 is 2.09 bits per heavy atom. The van der Waals surface area contributed by atoms with E-state index in [-0.39, 0.29) is 23.7 Å². The normalized spacial score (nSPS) is 24.7. The summed E-state index contributed by atoms with van der Waals surface area (Å²) in [7, 11) is 1.89. The number of anilines is 1. The molecule has 1 saturated heterocycles. The van der Waals surface area contributed by atoms with Crippen LogP contribution in [0.1, 0.15) is 52.7 Å². The van der Waals surface area contributed by atoms with Crippen molar-refractivity contribution < 1.29 is 9.31 Å². The Bertz CT molecular complexity index is 606. The Labute approximate surface area is 135 Å². The highest BCUT2D eigenvalue weighted by Gasteiger charge is 2.52. The molecule has 1 fully saturated rings. The molecule has 0 aromatic heterocycles. The molecule has 120 valence electrons. The van der Waals surface area contributed by atoms with Gasteiger partial charge in [-0.25, -0.2) is 0 Å². The molecule has 3 nitrogen and oxygen atoms in total. The van der Waals surface area contributed by atoms with Crippen molar-refractivity contribution in [2.24, 2.45) is 0 Å². The number of rotatable bonds is 1. The average molecular weight is 301 g/mol. The molecule has 1 aromatic carbocycles. The van der Waals surface area contributed by atoms with Gasteiger partial charge in [0, 0.05) is 24.7 Å². The predicted molar refractivity (Wildman–Crippen MR) is 93.2 cm³/mol. The quantitative estimate of drug-likeness (QED) is 0.744. The van der Waals surface area contributed by atoms with Crippen molar-refractivity contribution in [2.45, 2.75) is 65.1 Å². The van der Waals surface area contributed by atoms with Crippen molar-refractivity contribution >= 4 is 18.3 Å². The smallest absolute Gasteiger partial charge is 0.399 e. The Morgan fingerprint density at radius 2 is 1.55 bits per heavy atom. The van der Waals surface area contributed by atoms with Crippen LogP contribution in [-0.2, 0) is 14.7 Å². The molecular formula is C18H28BNO2. The van der Waals surface area contributed by atoms with E-state index in [0.717, 1.165) is 12.0 Å². The molecule has 0 N–H and O–H groups in total. The van der Waals surface area contributed by atoms with Gasteiger partial charge in [-0.3, -0.25) is 0 Å². The van der Waals surface area contributed by atoms with Crippen LogP contribution in [-0.4, -0.2) is 31.9 Å². The first-order chi connectivity index (χ1) is 9.96. The lowest BCUT2D eigenvalue weighted by Crippen LogP contribution is -2.41. The zero-order chi connectivity index (χ0) is 16.5. The van der Waals surface area contributed by atoms with Gasteiger partial charge in [-0.05, 0) is 51.2 Å². The van der Waals surface area contributed by atoms with E-state index >= 15 is 0 Å². The summed E-state index contributed by atoms with van der Waals surface area (Å²) in [5, 5.41) is 0. The third-order valence-electron chi connectivity index (χ3n) is 5.72. The molecule has 2 heterocycles. The fourth-order valence-electron chi connectivity index (χ4n) is 3.74. The lowest BCUT2D eigenvalue weighted by atomic mass is 9.74. The maximum atomic E-state index is 6.24. The Morgan fingerprint density at radius 1 is 1.00 bits per heavy atom. The number of benzene rings is 1. The molecule has 0 amide bonds. The zero-order valence-corrected chi connectivity index (χ0v) is 15.2. The molecule has 3 rings (SSSR count). The molecule has 0 radical (unpaired) electrons. The highest BCUT2D eigenvalue weighted by Crippen LogP contribution is 2.42. The van der Waals surface area contributed by atoms with Gasteiger partial charge in [0.2, 0.25) is 0 Å². The molecule has 2 aliphatic rings. The highest BCUT2D eigenvalue weighted by molar-refractivity contribution is 6.62. The second kappa shape index (κ2) is 4.51. The van der Waals surface area contributed by atoms with Crippen LogP contribution >= 0.6 is 0 Å². The molecule has 0 unspecified atom stereocenters. The minimum Gasteiger partial charge on any atom is -0.399 e. The molecule has 1 aromatic rings. The monoisotopic (exact) mass is 301 g/mol. The van der Waals surface area contributed by atoms with E-state index in [1.807, 2.05) is 0 Å². The lowest BCUT2D eigenvalue weighted by Gasteiger charge is -2.32. The third kappa shape index (κ3) is 2.11. The first kappa shape index (κ1) is 15.9. The van der Waals surface area contributed by atoms with E-state index in [1.165, 1.54) is 16.8 Å². The molecule has 4 heteroatoms. The molecule has 0 atom stereocenters. The second-order valence-corrected chi connectivity index (χ2v) is 8.50. The summed E-state index contributed by atoms with van der Waals surface area (Å²) in [4.78, 5) is 2.36. The Kier molecular flexibility index (Phi) is 3.26. The first-order valence-corrected chi connectivity index (χ1v) is 8.17. The molecule has 0 bridgehead atoms. The number of hydrogen-bond donors (Lipinski definition) is 0. The Balaban J connectivity index is 2.04. The van der Waals surface area contributed by atoms with Gasteiger partial charge in [0.1, 0.15) is 0 Å². The van der Waals surface area contributed by atoms with Gasteiger partial charge in [0.15, 0.2) is 0 Å². The summed E-state index contributed by atoms with van der Waals surface area (Å²) < 4.78 is 12.5. The van der Waals surface area contributed by atoms with E-state index in [2.05, 4.69) is 72.5 Å². The van der Waals surface area contributed by atoms with Gasteiger partial charge < -0.3 is 14.2 Å². The topological polar surface area (TPSA) is 21.7 Å². The summed E-state index contributed by atoms with van der Waals surface area (Å²) in [6.07, 6.45) is 0. The van der Waals surface area contributed by atoms with E-state index in [1.54, 1.807) is 0 Å². The second-order valence-electron chi connectivity index (χ2n) is 8.50. The van der Waals surface area contributed by atoms with Crippen LogP contribution in [0, 0.1) is 6.92 Å². The van der Waals surface area contributed by atoms with Gasteiger partial charge in [0.25, 0.3) is 0 Å². The largest absolute Gasteiger partial charge is 0.495 e. The van der Waals surface area contributed by atoms with E-state index in [9.17, 15) is 0 Å².